The molecule has 200 valence electrons. The molecule has 2 aliphatic rings. The third-order valence-electron chi connectivity index (χ3n) is 8.28. The predicted octanol–water partition coefficient (Wildman–Crippen LogP) is 3.69. The van der Waals surface area contributed by atoms with E-state index in [9.17, 15) is 0 Å². The average Bonchev–Trinajstić information content (AvgIpc) is 3.69. The number of nitrogens with zero attached hydrogens (tertiary/aromatic N) is 10. The lowest BCUT2D eigenvalue weighted by molar-refractivity contribution is 0.194. The summed E-state index contributed by atoms with van der Waals surface area (Å²) in [7, 11) is 1.67. The molecule has 2 aromatic carbocycles. The average molecular weight is 525 g/mol. The molecule has 7 rings (SSSR count). The third kappa shape index (κ3) is 4.36. The molecular weight excluding hydrogens is 492 g/mol. The topological polar surface area (TPSA) is 102 Å². The molecule has 1 unspecified atom stereocenters. The summed E-state index contributed by atoms with van der Waals surface area (Å²) in [6, 6.07) is 19.0. The minimum atomic E-state index is -0.181. The molecule has 1 atom stereocenters. The summed E-state index contributed by atoms with van der Waals surface area (Å²) >= 11 is 0. The highest BCUT2D eigenvalue weighted by atomic mass is 16.5. The molecule has 1 saturated carbocycles. The predicted molar refractivity (Wildman–Crippen MR) is 147 cm³/mol. The zero-order valence-corrected chi connectivity index (χ0v) is 22.1. The molecule has 39 heavy (non-hydrogen) atoms. The third-order valence-corrected chi connectivity index (χ3v) is 8.28. The van der Waals surface area contributed by atoms with Crippen molar-refractivity contribution >= 4 is 22.2 Å². The number of tetrazole rings is 2. The zero-order valence-electron chi connectivity index (χ0n) is 22.1. The second-order valence-corrected chi connectivity index (χ2v) is 10.5. The molecule has 5 aromatic rings. The number of piperazine rings is 1. The first-order chi connectivity index (χ1) is 19.3. The van der Waals surface area contributed by atoms with Gasteiger partial charge >= 0.3 is 0 Å². The molecule has 0 amide bonds. The van der Waals surface area contributed by atoms with E-state index in [1.165, 1.54) is 24.9 Å². The molecule has 0 N–H and O–H groups in total. The fraction of sp³-hybridized carbons (Fsp3) is 0.429. The first kappa shape index (κ1) is 24.0. The van der Waals surface area contributed by atoms with Crippen LogP contribution in [0, 0.1) is 0 Å². The van der Waals surface area contributed by atoms with Crippen LogP contribution >= 0.6 is 0 Å². The molecule has 1 aliphatic carbocycles. The van der Waals surface area contributed by atoms with Crippen LogP contribution in [0.4, 0.5) is 5.69 Å². The number of ether oxygens (including phenoxy) is 1. The summed E-state index contributed by atoms with van der Waals surface area (Å²) in [5.41, 5.74) is 3.88. The smallest absolute Gasteiger partial charge is 0.185 e. The lowest BCUT2D eigenvalue weighted by atomic mass is 9.95. The van der Waals surface area contributed by atoms with E-state index in [0.717, 1.165) is 67.1 Å². The van der Waals surface area contributed by atoms with Crippen LogP contribution in [0.25, 0.3) is 16.6 Å². The summed E-state index contributed by atoms with van der Waals surface area (Å²) in [5, 5.41) is 27.4. The first-order valence-corrected chi connectivity index (χ1v) is 13.8. The molecule has 4 heterocycles. The van der Waals surface area contributed by atoms with Crippen LogP contribution < -0.4 is 9.64 Å². The maximum Gasteiger partial charge on any atom is 0.185 e. The largest absolute Gasteiger partial charge is 0.497 e. The Balaban J connectivity index is 1.33. The molecule has 11 heteroatoms. The molecule has 0 bridgehead atoms. The summed E-state index contributed by atoms with van der Waals surface area (Å²) in [6.07, 6.45) is 5.90. The maximum absolute atomic E-state index is 5.48. The Morgan fingerprint density at radius 1 is 0.846 bits per heavy atom. The number of para-hydroxylation sites is 1. The van der Waals surface area contributed by atoms with E-state index in [-0.39, 0.29) is 6.04 Å². The molecular formula is C28H32N10O. The Morgan fingerprint density at radius 3 is 2.44 bits per heavy atom. The van der Waals surface area contributed by atoms with Crippen LogP contribution in [0.2, 0.25) is 0 Å². The minimum absolute atomic E-state index is 0.181. The van der Waals surface area contributed by atoms with Crippen molar-refractivity contribution < 1.29 is 4.74 Å². The quantitative estimate of drug-likeness (QED) is 0.329. The van der Waals surface area contributed by atoms with E-state index in [2.05, 4.69) is 88.0 Å². The SMILES string of the molecule is COc1ccc2cc(C(c3nnnn3C3CCCCC3)N3CCN(c4ccccc4)CC3)c3nnnn3c2c1. The Morgan fingerprint density at radius 2 is 1.64 bits per heavy atom. The highest BCUT2D eigenvalue weighted by molar-refractivity contribution is 5.84. The van der Waals surface area contributed by atoms with Gasteiger partial charge in [0.05, 0.1) is 18.7 Å². The van der Waals surface area contributed by atoms with Gasteiger partial charge in [0.1, 0.15) is 11.8 Å². The molecule has 3 aromatic heterocycles. The van der Waals surface area contributed by atoms with Crippen LogP contribution in [-0.2, 0) is 0 Å². The van der Waals surface area contributed by atoms with Gasteiger partial charge in [-0.2, -0.15) is 4.52 Å². The number of rotatable bonds is 6. The van der Waals surface area contributed by atoms with Gasteiger partial charge in [0, 0.05) is 48.9 Å². The normalized spacial score (nSPS) is 18.1. The van der Waals surface area contributed by atoms with E-state index >= 15 is 0 Å². The molecule has 2 fully saturated rings. The van der Waals surface area contributed by atoms with Gasteiger partial charge in [-0.05, 0) is 64.0 Å². The van der Waals surface area contributed by atoms with Gasteiger partial charge in [0.15, 0.2) is 11.5 Å². The monoisotopic (exact) mass is 524 g/mol. The fourth-order valence-electron chi connectivity index (χ4n) is 6.26. The summed E-state index contributed by atoms with van der Waals surface area (Å²) in [4.78, 5) is 4.93. The van der Waals surface area contributed by atoms with E-state index in [1.54, 1.807) is 7.11 Å². The zero-order chi connectivity index (χ0) is 26.2. The van der Waals surface area contributed by atoms with Crippen LogP contribution in [0.1, 0.15) is 55.6 Å². The van der Waals surface area contributed by atoms with Crippen molar-refractivity contribution in [1.82, 2.24) is 45.1 Å². The van der Waals surface area contributed by atoms with Crippen LogP contribution in [0.5, 0.6) is 5.75 Å². The van der Waals surface area contributed by atoms with Gasteiger partial charge in [0.2, 0.25) is 0 Å². The van der Waals surface area contributed by atoms with E-state index in [0.29, 0.717) is 11.7 Å². The lowest BCUT2D eigenvalue weighted by Crippen LogP contribution is -2.48. The van der Waals surface area contributed by atoms with Gasteiger partial charge in [-0.1, -0.05) is 37.5 Å². The Labute approximate surface area is 226 Å². The van der Waals surface area contributed by atoms with E-state index in [1.807, 2.05) is 16.6 Å². The number of benzene rings is 2. The van der Waals surface area contributed by atoms with Crippen molar-refractivity contribution in [3.8, 4) is 5.75 Å². The Bertz CT molecular complexity index is 1570. The lowest BCUT2D eigenvalue weighted by Gasteiger charge is -2.40. The molecule has 11 nitrogen and oxygen atoms in total. The van der Waals surface area contributed by atoms with Crippen molar-refractivity contribution in [3.63, 3.8) is 0 Å². The summed E-state index contributed by atoms with van der Waals surface area (Å²) < 4.78 is 9.39. The highest BCUT2D eigenvalue weighted by Crippen LogP contribution is 2.37. The van der Waals surface area contributed by atoms with E-state index in [4.69, 9.17) is 4.74 Å². The number of hydrogen-bond acceptors (Lipinski definition) is 9. The van der Waals surface area contributed by atoms with Crippen LogP contribution in [0.15, 0.2) is 54.6 Å². The van der Waals surface area contributed by atoms with Gasteiger partial charge in [-0.25, -0.2) is 4.68 Å². The Hall–Kier alpha value is -4.12. The fourth-order valence-corrected chi connectivity index (χ4v) is 6.26. The number of fused-ring (bicyclic) bond motifs is 3. The van der Waals surface area contributed by atoms with Crippen molar-refractivity contribution in [2.75, 3.05) is 38.2 Å². The van der Waals surface area contributed by atoms with Crippen LogP contribution in [0.3, 0.4) is 0 Å². The maximum atomic E-state index is 5.48. The minimum Gasteiger partial charge on any atom is -0.497 e. The van der Waals surface area contributed by atoms with Crippen molar-refractivity contribution in [3.05, 3.63) is 66.0 Å². The molecule has 1 aliphatic heterocycles. The van der Waals surface area contributed by atoms with Crippen molar-refractivity contribution in [2.24, 2.45) is 0 Å². The second-order valence-electron chi connectivity index (χ2n) is 10.5. The summed E-state index contributed by atoms with van der Waals surface area (Å²) in [6.45, 7) is 3.56. The molecule has 1 saturated heterocycles. The first-order valence-electron chi connectivity index (χ1n) is 13.8. The van der Waals surface area contributed by atoms with Gasteiger partial charge < -0.3 is 9.64 Å². The second kappa shape index (κ2) is 10.2. The van der Waals surface area contributed by atoms with Crippen molar-refractivity contribution in [1.29, 1.82) is 0 Å². The van der Waals surface area contributed by atoms with Crippen LogP contribution in [-0.4, -0.2) is 78.4 Å². The van der Waals surface area contributed by atoms with Gasteiger partial charge in [-0.15, -0.1) is 10.2 Å². The number of pyridine rings is 1. The number of hydrogen-bond donors (Lipinski definition) is 0. The highest BCUT2D eigenvalue weighted by Gasteiger charge is 2.35. The summed E-state index contributed by atoms with van der Waals surface area (Å²) in [5.74, 6) is 1.63. The standard InChI is InChI=1S/C28H32N10O/c1-39-23-13-12-20-18-24(27-29-31-34-38(27)25(20)19-23)26(28-30-32-33-37(28)22-10-6-3-7-11-22)36-16-14-35(15-17-36)21-8-4-2-5-9-21/h2,4-5,8-9,12-13,18-19,22,26H,3,6-7,10-11,14-17H2,1H3. The Kier molecular flexibility index (Phi) is 6.28. The number of methoxy groups -OCH3 is 1. The van der Waals surface area contributed by atoms with Gasteiger partial charge in [-0.3, -0.25) is 4.90 Å². The molecule has 0 radical (unpaired) electrons. The molecule has 0 spiro atoms. The van der Waals surface area contributed by atoms with Crippen molar-refractivity contribution in [2.45, 2.75) is 44.2 Å². The number of aromatic nitrogens is 8. The number of anilines is 1. The van der Waals surface area contributed by atoms with Gasteiger partial charge in [0.25, 0.3) is 0 Å². The van der Waals surface area contributed by atoms with E-state index < -0.39 is 0 Å².